The molecule has 0 aliphatic heterocycles. The van der Waals surface area contributed by atoms with Gasteiger partial charge in [-0.25, -0.2) is 4.98 Å². The van der Waals surface area contributed by atoms with Crippen molar-refractivity contribution in [2.75, 3.05) is 11.9 Å². The molecule has 0 atom stereocenters. The minimum Gasteiger partial charge on any atom is -0.482 e. The standard InChI is InChI=1S/C26H22BrClN4O3/c1-2-6-24-31-22-11-10-18(27)14-20(22)26(34)32(24)29-15-17-9-12-23(21(28)13-17)35-16-25(33)30-19-7-4-3-5-8-19/h3-5,7-15H,2,6,16H2,1H3,(H,30,33). The summed E-state index contributed by atoms with van der Waals surface area (Å²) in [6.45, 7) is 1.83. The number of ether oxygens (including phenoxy) is 1. The second-order valence-corrected chi connectivity index (χ2v) is 9.02. The third-order valence-corrected chi connectivity index (χ3v) is 5.83. The summed E-state index contributed by atoms with van der Waals surface area (Å²) >= 11 is 9.76. The highest BCUT2D eigenvalue weighted by Crippen LogP contribution is 2.25. The Labute approximate surface area is 215 Å². The largest absolute Gasteiger partial charge is 0.482 e. The van der Waals surface area contributed by atoms with Gasteiger partial charge in [-0.3, -0.25) is 9.59 Å². The molecule has 0 saturated heterocycles. The highest BCUT2D eigenvalue weighted by Gasteiger charge is 2.11. The molecule has 1 heterocycles. The molecule has 4 rings (SSSR count). The minimum absolute atomic E-state index is 0.184. The number of aromatic nitrogens is 2. The first-order valence-electron chi connectivity index (χ1n) is 11.0. The molecule has 1 amide bonds. The molecule has 0 unspecified atom stereocenters. The van der Waals surface area contributed by atoms with Crippen LogP contribution in [-0.4, -0.2) is 28.4 Å². The number of carbonyl (C=O) groups excluding carboxylic acids is 1. The molecular formula is C26H22BrClN4O3. The summed E-state index contributed by atoms with van der Waals surface area (Å²) in [5.74, 6) is 0.656. The lowest BCUT2D eigenvalue weighted by Gasteiger charge is -2.10. The number of hydrogen-bond acceptors (Lipinski definition) is 5. The van der Waals surface area contributed by atoms with E-state index in [0.717, 1.165) is 10.9 Å². The third-order valence-electron chi connectivity index (χ3n) is 5.04. The van der Waals surface area contributed by atoms with Gasteiger partial charge in [0.2, 0.25) is 0 Å². The number of halogens is 2. The molecule has 0 spiro atoms. The van der Waals surface area contributed by atoms with Gasteiger partial charge in [0.1, 0.15) is 11.6 Å². The number of nitrogens with zero attached hydrogens (tertiary/aromatic N) is 3. The average molecular weight is 554 g/mol. The number of fused-ring (bicyclic) bond motifs is 1. The second kappa shape index (κ2) is 11.3. The molecule has 0 saturated carbocycles. The van der Waals surface area contributed by atoms with Crippen LogP contribution in [-0.2, 0) is 11.2 Å². The van der Waals surface area contributed by atoms with Crippen molar-refractivity contribution in [3.63, 3.8) is 0 Å². The van der Waals surface area contributed by atoms with Crippen LogP contribution in [0.25, 0.3) is 10.9 Å². The Bertz CT molecular complexity index is 1450. The van der Waals surface area contributed by atoms with Crippen molar-refractivity contribution in [3.05, 3.63) is 98.0 Å². The van der Waals surface area contributed by atoms with E-state index in [2.05, 4.69) is 31.3 Å². The topological polar surface area (TPSA) is 85.6 Å². The van der Waals surface area contributed by atoms with Gasteiger partial charge in [0.05, 0.1) is 22.1 Å². The van der Waals surface area contributed by atoms with E-state index in [-0.39, 0.29) is 18.1 Å². The molecule has 0 aliphatic rings. The van der Waals surface area contributed by atoms with Gasteiger partial charge in [0, 0.05) is 16.6 Å². The second-order valence-electron chi connectivity index (χ2n) is 7.69. The summed E-state index contributed by atoms with van der Waals surface area (Å²) in [5, 5.41) is 7.95. The minimum atomic E-state index is -0.295. The van der Waals surface area contributed by atoms with Crippen molar-refractivity contribution in [1.29, 1.82) is 0 Å². The maximum Gasteiger partial charge on any atom is 0.282 e. The number of para-hydroxylation sites is 1. The molecule has 1 N–H and O–H groups in total. The Balaban J connectivity index is 1.51. The summed E-state index contributed by atoms with van der Waals surface area (Å²) in [5.41, 5.74) is 1.74. The fraction of sp³-hybridized carbons (Fsp3) is 0.154. The van der Waals surface area contributed by atoms with E-state index < -0.39 is 0 Å². The van der Waals surface area contributed by atoms with E-state index in [9.17, 15) is 9.59 Å². The number of rotatable bonds is 8. The highest BCUT2D eigenvalue weighted by molar-refractivity contribution is 9.10. The fourth-order valence-corrected chi connectivity index (χ4v) is 4.00. The summed E-state index contributed by atoms with van der Waals surface area (Å²) in [6, 6.07) is 19.6. The Morgan fingerprint density at radius 1 is 1.17 bits per heavy atom. The Hall–Kier alpha value is -3.49. The zero-order valence-corrected chi connectivity index (χ0v) is 21.2. The molecule has 0 bridgehead atoms. The maximum atomic E-state index is 13.1. The predicted molar refractivity (Wildman–Crippen MR) is 143 cm³/mol. The van der Waals surface area contributed by atoms with Gasteiger partial charge in [-0.2, -0.15) is 9.78 Å². The van der Waals surface area contributed by atoms with Gasteiger partial charge >= 0.3 is 0 Å². The van der Waals surface area contributed by atoms with Crippen molar-refractivity contribution in [3.8, 4) is 5.75 Å². The molecule has 1 aromatic heterocycles. The first-order chi connectivity index (χ1) is 16.9. The first kappa shape index (κ1) is 24.6. The molecule has 35 heavy (non-hydrogen) atoms. The van der Waals surface area contributed by atoms with E-state index in [0.29, 0.717) is 45.2 Å². The summed E-state index contributed by atoms with van der Waals surface area (Å²) < 4.78 is 7.68. The molecule has 9 heteroatoms. The molecule has 0 aliphatic carbocycles. The number of hydrogen-bond donors (Lipinski definition) is 1. The lowest BCUT2D eigenvalue weighted by molar-refractivity contribution is -0.118. The van der Waals surface area contributed by atoms with E-state index in [1.807, 2.05) is 37.3 Å². The van der Waals surface area contributed by atoms with Crippen LogP contribution in [0.15, 0.2) is 81.1 Å². The first-order valence-corrected chi connectivity index (χ1v) is 12.1. The average Bonchev–Trinajstić information content (AvgIpc) is 2.84. The van der Waals surface area contributed by atoms with Crippen molar-refractivity contribution < 1.29 is 9.53 Å². The molecule has 3 aromatic carbocycles. The van der Waals surface area contributed by atoms with Crippen LogP contribution in [0.5, 0.6) is 5.75 Å². The van der Waals surface area contributed by atoms with Crippen LogP contribution in [0.4, 0.5) is 5.69 Å². The zero-order chi connectivity index (χ0) is 24.8. The summed E-state index contributed by atoms with van der Waals surface area (Å²) in [6.07, 6.45) is 2.97. The molecular weight excluding hydrogens is 532 g/mol. The molecule has 7 nitrogen and oxygen atoms in total. The van der Waals surface area contributed by atoms with Gasteiger partial charge in [-0.15, -0.1) is 0 Å². The van der Waals surface area contributed by atoms with Crippen LogP contribution in [0.1, 0.15) is 24.7 Å². The summed E-state index contributed by atoms with van der Waals surface area (Å²) in [7, 11) is 0. The highest BCUT2D eigenvalue weighted by atomic mass is 79.9. The lowest BCUT2D eigenvalue weighted by Crippen LogP contribution is -2.22. The van der Waals surface area contributed by atoms with Crippen molar-refractivity contribution in [2.24, 2.45) is 5.10 Å². The van der Waals surface area contributed by atoms with Gasteiger partial charge < -0.3 is 10.1 Å². The van der Waals surface area contributed by atoms with Crippen LogP contribution in [0.3, 0.4) is 0 Å². The van der Waals surface area contributed by atoms with Gasteiger partial charge in [-0.05, 0) is 60.5 Å². The number of benzene rings is 3. The Kier molecular flexibility index (Phi) is 7.94. The Morgan fingerprint density at radius 2 is 1.97 bits per heavy atom. The predicted octanol–water partition coefficient (Wildman–Crippen LogP) is 5.66. The van der Waals surface area contributed by atoms with E-state index >= 15 is 0 Å². The van der Waals surface area contributed by atoms with Crippen molar-refractivity contribution >= 4 is 56.2 Å². The third kappa shape index (κ3) is 6.15. The van der Waals surface area contributed by atoms with Crippen LogP contribution >= 0.6 is 27.5 Å². The van der Waals surface area contributed by atoms with Crippen LogP contribution in [0, 0.1) is 0 Å². The molecule has 0 radical (unpaired) electrons. The quantitative estimate of drug-likeness (QED) is 0.285. The SMILES string of the molecule is CCCc1nc2ccc(Br)cc2c(=O)n1N=Cc1ccc(OCC(=O)Nc2ccccc2)c(Cl)c1. The summed E-state index contributed by atoms with van der Waals surface area (Å²) in [4.78, 5) is 29.8. The monoisotopic (exact) mass is 552 g/mol. The van der Waals surface area contributed by atoms with Crippen LogP contribution in [0.2, 0.25) is 5.02 Å². The normalized spacial score (nSPS) is 11.2. The number of anilines is 1. The van der Waals surface area contributed by atoms with Gasteiger partial charge in [0.15, 0.2) is 6.61 Å². The molecule has 178 valence electrons. The number of nitrogens with one attached hydrogen (secondary N) is 1. The lowest BCUT2D eigenvalue weighted by atomic mass is 10.2. The van der Waals surface area contributed by atoms with E-state index in [4.69, 9.17) is 16.3 Å². The smallest absolute Gasteiger partial charge is 0.282 e. The number of aryl methyl sites for hydroxylation is 1. The maximum absolute atomic E-state index is 13.1. The van der Waals surface area contributed by atoms with E-state index in [1.54, 1.807) is 42.6 Å². The van der Waals surface area contributed by atoms with Gasteiger partial charge in [0.25, 0.3) is 11.5 Å². The Morgan fingerprint density at radius 3 is 2.71 bits per heavy atom. The number of carbonyl (C=O) groups is 1. The van der Waals surface area contributed by atoms with E-state index in [1.165, 1.54) is 4.68 Å². The molecule has 0 fully saturated rings. The number of amides is 1. The van der Waals surface area contributed by atoms with Crippen molar-refractivity contribution in [2.45, 2.75) is 19.8 Å². The van der Waals surface area contributed by atoms with Crippen LogP contribution < -0.4 is 15.6 Å². The fourth-order valence-electron chi connectivity index (χ4n) is 3.40. The zero-order valence-electron chi connectivity index (χ0n) is 18.9. The van der Waals surface area contributed by atoms with Crippen molar-refractivity contribution in [1.82, 2.24) is 9.66 Å². The van der Waals surface area contributed by atoms with Gasteiger partial charge in [-0.1, -0.05) is 52.7 Å². The molecule has 4 aromatic rings.